The summed E-state index contributed by atoms with van der Waals surface area (Å²) in [7, 11) is 0. The largest absolute Gasteiger partial charge is 0.294 e. The van der Waals surface area contributed by atoms with Crippen LogP contribution in [-0.4, -0.2) is 5.78 Å². The topological polar surface area (TPSA) is 40.9 Å². The van der Waals surface area contributed by atoms with Crippen molar-refractivity contribution in [3.8, 4) is 6.07 Å². The number of carbonyl (C=O) groups excluding carboxylic acids is 1. The minimum atomic E-state index is -2.84. The fraction of sp³-hybridized carbons (Fsp3) is 0.200. The van der Waals surface area contributed by atoms with Crippen molar-refractivity contribution in [1.82, 2.24) is 0 Å². The zero-order valence-corrected chi connectivity index (χ0v) is 7.72. The monoisotopic (exact) mass is 213 g/mol. The molecule has 5 heteroatoms. The maximum absolute atomic E-state index is 13.3. The number of rotatable bonds is 2. The maximum Gasteiger partial charge on any atom is 0.263 e. The van der Waals surface area contributed by atoms with Crippen LogP contribution in [0.2, 0.25) is 0 Å². The van der Waals surface area contributed by atoms with E-state index in [1.54, 1.807) is 0 Å². The van der Waals surface area contributed by atoms with Crippen molar-refractivity contribution in [2.75, 3.05) is 0 Å². The van der Waals surface area contributed by atoms with Crippen LogP contribution in [0.25, 0.3) is 0 Å². The van der Waals surface area contributed by atoms with Crippen molar-refractivity contribution < 1.29 is 18.0 Å². The SMILES string of the molecule is CC(=O)c1cc(C(F)F)cc(C#N)c1F. The number of halogens is 3. The van der Waals surface area contributed by atoms with E-state index in [4.69, 9.17) is 5.26 Å². The van der Waals surface area contributed by atoms with E-state index in [1.807, 2.05) is 0 Å². The standard InChI is InChI=1S/C10H6F3NO/c1-5(15)8-3-6(10(12)13)2-7(4-14)9(8)11/h2-3,10H,1H3. The van der Waals surface area contributed by atoms with E-state index in [9.17, 15) is 18.0 Å². The Balaban J connectivity index is 3.47. The number of benzene rings is 1. The van der Waals surface area contributed by atoms with Gasteiger partial charge in [-0.1, -0.05) is 0 Å². The molecule has 78 valence electrons. The van der Waals surface area contributed by atoms with Crippen molar-refractivity contribution in [3.63, 3.8) is 0 Å². The molecule has 0 fully saturated rings. The molecule has 1 rings (SSSR count). The van der Waals surface area contributed by atoms with E-state index in [2.05, 4.69) is 0 Å². The molecule has 0 radical (unpaired) electrons. The van der Waals surface area contributed by atoms with Crippen LogP contribution < -0.4 is 0 Å². The second kappa shape index (κ2) is 4.13. The molecule has 0 aliphatic heterocycles. The molecule has 2 nitrogen and oxygen atoms in total. The molecule has 0 unspecified atom stereocenters. The fourth-order valence-electron chi connectivity index (χ4n) is 1.11. The fourth-order valence-corrected chi connectivity index (χ4v) is 1.11. The van der Waals surface area contributed by atoms with Crippen molar-refractivity contribution in [2.24, 2.45) is 0 Å². The summed E-state index contributed by atoms with van der Waals surface area (Å²) >= 11 is 0. The summed E-state index contributed by atoms with van der Waals surface area (Å²) in [5.74, 6) is -1.74. The molecule has 1 aromatic carbocycles. The predicted octanol–water partition coefficient (Wildman–Crippen LogP) is 2.84. The molecular formula is C10H6F3NO. The summed E-state index contributed by atoms with van der Waals surface area (Å²) in [6.45, 7) is 1.05. The van der Waals surface area contributed by atoms with Gasteiger partial charge < -0.3 is 0 Å². The summed E-state index contributed by atoms with van der Waals surface area (Å²) in [6, 6.07) is 2.93. The van der Waals surface area contributed by atoms with E-state index < -0.39 is 34.7 Å². The third-order valence-corrected chi connectivity index (χ3v) is 1.85. The van der Waals surface area contributed by atoms with Crippen molar-refractivity contribution in [2.45, 2.75) is 13.3 Å². The number of nitrogens with zero attached hydrogens (tertiary/aromatic N) is 1. The van der Waals surface area contributed by atoms with Crippen LogP contribution in [0, 0.1) is 17.1 Å². The lowest BCUT2D eigenvalue weighted by atomic mass is 10.0. The minimum Gasteiger partial charge on any atom is -0.294 e. The lowest BCUT2D eigenvalue weighted by Crippen LogP contribution is -2.02. The van der Waals surface area contributed by atoms with Gasteiger partial charge in [0.1, 0.15) is 6.07 Å². The molecule has 0 aliphatic carbocycles. The molecule has 0 aliphatic rings. The van der Waals surface area contributed by atoms with Gasteiger partial charge in [-0.05, 0) is 19.1 Å². The Morgan fingerprint density at radius 1 is 1.47 bits per heavy atom. The summed E-state index contributed by atoms with van der Waals surface area (Å²) in [6.07, 6.45) is -2.84. The Kier molecular flexibility index (Phi) is 3.10. The molecular weight excluding hydrogens is 207 g/mol. The molecule has 0 bridgehead atoms. The quantitative estimate of drug-likeness (QED) is 0.708. The maximum atomic E-state index is 13.3. The van der Waals surface area contributed by atoms with E-state index in [0.717, 1.165) is 19.1 Å². The van der Waals surface area contributed by atoms with Gasteiger partial charge in [-0.15, -0.1) is 0 Å². The summed E-state index contributed by atoms with van der Waals surface area (Å²) in [5.41, 5.74) is -1.56. The number of carbonyl (C=O) groups is 1. The number of alkyl halides is 2. The van der Waals surface area contributed by atoms with Crippen molar-refractivity contribution in [1.29, 1.82) is 5.26 Å². The van der Waals surface area contributed by atoms with Gasteiger partial charge in [-0.2, -0.15) is 5.26 Å². The first-order valence-electron chi connectivity index (χ1n) is 4.00. The van der Waals surface area contributed by atoms with Gasteiger partial charge in [-0.3, -0.25) is 4.79 Å². The van der Waals surface area contributed by atoms with Gasteiger partial charge in [-0.25, -0.2) is 13.2 Å². The molecule has 15 heavy (non-hydrogen) atoms. The van der Waals surface area contributed by atoms with Gasteiger partial charge >= 0.3 is 0 Å². The number of nitriles is 1. The second-order valence-corrected chi connectivity index (χ2v) is 2.90. The number of Topliss-reactive ketones (excluding diaryl/α,β-unsaturated/α-hetero) is 1. The molecule has 0 heterocycles. The molecule has 0 amide bonds. The number of ketones is 1. The summed E-state index contributed by atoms with van der Waals surface area (Å²) in [4.78, 5) is 10.9. The Morgan fingerprint density at radius 3 is 2.47 bits per heavy atom. The minimum absolute atomic E-state index is 0.482. The third kappa shape index (κ3) is 2.15. The third-order valence-electron chi connectivity index (χ3n) is 1.85. The highest BCUT2D eigenvalue weighted by atomic mass is 19.3. The van der Waals surface area contributed by atoms with E-state index in [0.29, 0.717) is 0 Å². The number of hydrogen-bond donors (Lipinski definition) is 0. The molecule has 0 atom stereocenters. The smallest absolute Gasteiger partial charge is 0.263 e. The van der Waals surface area contributed by atoms with Gasteiger partial charge in [0.15, 0.2) is 11.6 Å². The normalized spacial score (nSPS) is 10.1. The predicted molar refractivity (Wildman–Crippen MR) is 46.1 cm³/mol. The van der Waals surface area contributed by atoms with Crippen LogP contribution in [0.1, 0.15) is 34.8 Å². The molecule has 0 saturated heterocycles. The van der Waals surface area contributed by atoms with Crippen LogP contribution >= 0.6 is 0 Å². The first kappa shape index (κ1) is 11.2. The highest BCUT2D eigenvalue weighted by Crippen LogP contribution is 2.24. The van der Waals surface area contributed by atoms with Crippen LogP contribution in [0.5, 0.6) is 0 Å². The van der Waals surface area contributed by atoms with Crippen LogP contribution in [0.4, 0.5) is 13.2 Å². The summed E-state index contributed by atoms with van der Waals surface area (Å²) in [5, 5.41) is 8.48. The van der Waals surface area contributed by atoms with Crippen LogP contribution in [0.3, 0.4) is 0 Å². The van der Waals surface area contributed by atoms with E-state index >= 15 is 0 Å². The van der Waals surface area contributed by atoms with Crippen molar-refractivity contribution in [3.05, 3.63) is 34.6 Å². The Morgan fingerprint density at radius 2 is 2.07 bits per heavy atom. The van der Waals surface area contributed by atoms with Gasteiger partial charge in [0.2, 0.25) is 0 Å². The first-order valence-corrected chi connectivity index (χ1v) is 4.00. The lowest BCUT2D eigenvalue weighted by Gasteiger charge is -2.05. The second-order valence-electron chi connectivity index (χ2n) is 2.90. The zero-order chi connectivity index (χ0) is 11.6. The number of hydrogen-bond acceptors (Lipinski definition) is 2. The Labute approximate surface area is 83.9 Å². The van der Waals surface area contributed by atoms with E-state index in [1.165, 1.54) is 6.07 Å². The van der Waals surface area contributed by atoms with Crippen molar-refractivity contribution >= 4 is 5.78 Å². The molecule has 0 aromatic heterocycles. The molecule has 1 aromatic rings. The van der Waals surface area contributed by atoms with E-state index in [-0.39, 0.29) is 0 Å². The lowest BCUT2D eigenvalue weighted by molar-refractivity contribution is 0.101. The van der Waals surface area contributed by atoms with Crippen LogP contribution in [-0.2, 0) is 0 Å². The molecule has 0 spiro atoms. The average molecular weight is 213 g/mol. The average Bonchev–Trinajstić information content (AvgIpc) is 2.17. The summed E-state index contributed by atoms with van der Waals surface area (Å²) < 4.78 is 37.9. The van der Waals surface area contributed by atoms with Gasteiger partial charge in [0, 0.05) is 5.56 Å². The van der Waals surface area contributed by atoms with Gasteiger partial charge in [0.05, 0.1) is 11.1 Å². The first-order chi connectivity index (χ1) is 6.97. The van der Waals surface area contributed by atoms with Crippen LogP contribution in [0.15, 0.2) is 12.1 Å². The highest BCUT2D eigenvalue weighted by Gasteiger charge is 2.17. The van der Waals surface area contributed by atoms with Gasteiger partial charge in [0.25, 0.3) is 6.43 Å². The zero-order valence-electron chi connectivity index (χ0n) is 7.72. The molecule has 0 saturated carbocycles. The Bertz CT molecular complexity index is 449. The Hall–Kier alpha value is -1.83. The molecule has 0 N–H and O–H groups in total. The highest BCUT2D eigenvalue weighted by molar-refractivity contribution is 5.95.